The predicted octanol–water partition coefficient (Wildman–Crippen LogP) is 4.01. The van der Waals surface area contributed by atoms with Gasteiger partial charge >= 0.3 is 0 Å². The number of aromatic nitrogens is 1. The Balaban J connectivity index is 1.86. The van der Waals surface area contributed by atoms with Crippen molar-refractivity contribution in [1.29, 1.82) is 0 Å². The Labute approximate surface area is 134 Å². The molecule has 4 nitrogen and oxygen atoms in total. The highest BCUT2D eigenvalue weighted by Crippen LogP contribution is 2.23. The van der Waals surface area contributed by atoms with E-state index in [0.717, 1.165) is 11.3 Å². The van der Waals surface area contributed by atoms with Gasteiger partial charge in [-0.2, -0.15) is 0 Å². The second-order valence-corrected chi connectivity index (χ2v) is 5.17. The number of anilines is 1. The van der Waals surface area contributed by atoms with Crippen LogP contribution in [0, 0.1) is 6.92 Å². The molecule has 23 heavy (non-hydrogen) atoms. The van der Waals surface area contributed by atoms with Gasteiger partial charge in [-0.05, 0) is 31.2 Å². The number of para-hydroxylation sites is 2. The van der Waals surface area contributed by atoms with Crippen LogP contribution in [0.1, 0.15) is 16.1 Å². The smallest absolute Gasteiger partial charge is 0.257 e. The van der Waals surface area contributed by atoms with Gasteiger partial charge in [0.25, 0.3) is 5.91 Å². The summed E-state index contributed by atoms with van der Waals surface area (Å²) < 4.78 is 0. The molecule has 2 aromatic carbocycles. The van der Waals surface area contributed by atoms with E-state index in [1.807, 2.05) is 36.4 Å². The summed E-state index contributed by atoms with van der Waals surface area (Å²) in [6.07, 6.45) is 0. The van der Waals surface area contributed by atoms with Gasteiger partial charge in [0, 0.05) is 5.56 Å². The summed E-state index contributed by atoms with van der Waals surface area (Å²) in [4.78, 5) is 16.9. The van der Waals surface area contributed by atoms with Crippen molar-refractivity contribution >= 4 is 11.6 Å². The standard InChI is InChI=1S/C19H16N2O2/c1-13-15(19(23)21-17-9-5-6-10-18(17)22)11-12-16(20-13)14-7-3-2-4-8-14/h2-12,22H,1H3,(H,21,23). The van der Waals surface area contributed by atoms with Crippen LogP contribution in [0.3, 0.4) is 0 Å². The average molecular weight is 304 g/mol. The van der Waals surface area contributed by atoms with Crippen LogP contribution in [0.15, 0.2) is 66.7 Å². The molecule has 1 heterocycles. The van der Waals surface area contributed by atoms with Gasteiger partial charge in [0.05, 0.1) is 22.6 Å². The number of hydrogen-bond acceptors (Lipinski definition) is 3. The highest BCUT2D eigenvalue weighted by atomic mass is 16.3. The van der Waals surface area contributed by atoms with Crippen molar-refractivity contribution in [2.45, 2.75) is 6.92 Å². The maximum absolute atomic E-state index is 12.4. The zero-order valence-electron chi connectivity index (χ0n) is 12.7. The molecule has 1 amide bonds. The van der Waals surface area contributed by atoms with Crippen molar-refractivity contribution in [2.75, 3.05) is 5.32 Å². The van der Waals surface area contributed by atoms with Gasteiger partial charge in [-0.3, -0.25) is 9.78 Å². The van der Waals surface area contributed by atoms with Crippen LogP contribution in [0.2, 0.25) is 0 Å². The molecule has 1 aromatic heterocycles. The fourth-order valence-electron chi connectivity index (χ4n) is 2.34. The third kappa shape index (κ3) is 3.21. The minimum absolute atomic E-state index is 0.0346. The number of rotatable bonds is 3. The summed E-state index contributed by atoms with van der Waals surface area (Å²) >= 11 is 0. The van der Waals surface area contributed by atoms with E-state index in [2.05, 4.69) is 10.3 Å². The Bertz CT molecular complexity index is 845. The Kier molecular flexibility index (Phi) is 4.06. The molecule has 0 aliphatic heterocycles. The minimum Gasteiger partial charge on any atom is -0.506 e. The van der Waals surface area contributed by atoms with Crippen LogP contribution in [0.25, 0.3) is 11.3 Å². The highest BCUT2D eigenvalue weighted by molar-refractivity contribution is 6.05. The summed E-state index contributed by atoms with van der Waals surface area (Å²) in [6.45, 7) is 1.80. The van der Waals surface area contributed by atoms with E-state index in [9.17, 15) is 9.90 Å². The lowest BCUT2D eigenvalue weighted by Gasteiger charge is -2.10. The normalized spacial score (nSPS) is 10.3. The molecule has 3 rings (SSSR count). The molecule has 114 valence electrons. The van der Waals surface area contributed by atoms with Crippen molar-refractivity contribution in [3.63, 3.8) is 0 Å². The monoisotopic (exact) mass is 304 g/mol. The summed E-state index contributed by atoms with van der Waals surface area (Å²) in [5.74, 6) is -0.261. The molecule has 2 N–H and O–H groups in total. The van der Waals surface area contributed by atoms with Crippen molar-refractivity contribution in [3.05, 3.63) is 78.0 Å². The lowest BCUT2D eigenvalue weighted by molar-refractivity contribution is 0.102. The minimum atomic E-state index is -0.295. The number of phenolic OH excluding ortho intramolecular Hbond substituents is 1. The first-order valence-electron chi connectivity index (χ1n) is 7.27. The number of nitrogens with zero attached hydrogens (tertiary/aromatic N) is 1. The number of amides is 1. The van der Waals surface area contributed by atoms with Crippen LogP contribution in [-0.2, 0) is 0 Å². The molecule has 3 aromatic rings. The van der Waals surface area contributed by atoms with E-state index >= 15 is 0 Å². The van der Waals surface area contributed by atoms with Crippen LogP contribution in [-0.4, -0.2) is 16.0 Å². The number of phenols is 1. The third-order valence-corrected chi connectivity index (χ3v) is 3.55. The maximum Gasteiger partial charge on any atom is 0.257 e. The maximum atomic E-state index is 12.4. The average Bonchev–Trinajstić information content (AvgIpc) is 2.57. The largest absolute Gasteiger partial charge is 0.506 e. The predicted molar refractivity (Wildman–Crippen MR) is 90.5 cm³/mol. The number of aromatic hydroxyl groups is 1. The van der Waals surface area contributed by atoms with Crippen LogP contribution < -0.4 is 5.32 Å². The summed E-state index contributed by atoms with van der Waals surface area (Å²) in [5.41, 5.74) is 3.32. The van der Waals surface area contributed by atoms with Crippen molar-refractivity contribution in [1.82, 2.24) is 4.98 Å². The van der Waals surface area contributed by atoms with Gasteiger partial charge in [-0.15, -0.1) is 0 Å². The number of pyridine rings is 1. The quantitative estimate of drug-likeness (QED) is 0.719. The fraction of sp³-hybridized carbons (Fsp3) is 0.0526. The molecule has 0 unspecified atom stereocenters. The first-order chi connectivity index (χ1) is 11.1. The molecule has 0 aliphatic carbocycles. The molecule has 0 fully saturated rings. The van der Waals surface area contributed by atoms with Gasteiger partial charge < -0.3 is 10.4 Å². The number of nitrogens with one attached hydrogen (secondary N) is 1. The van der Waals surface area contributed by atoms with Gasteiger partial charge in [0.2, 0.25) is 0 Å². The molecule has 0 radical (unpaired) electrons. The summed E-state index contributed by atoms with van der Waals surface area (Å²) in [7, 11) is 0. The van der Waals surface area contributed by atoms with E-state index in [1.165, 1.54) is 6.07 Å². The Morgan fingerprint density at radius 3 is 2.35 bits per heavy atom. The number of aryl methyl sites for hydroxylation is 1. The second kappa shape index (κ2) is 6.32. The summed E-state index contributed by atoms with van der Waals surface area (Å²) in [6, 6.07) is 20.0. The number of carbonyl (C=O) groups is 1. The summed E-state index contributed by atoms with van der Waals surface area (Å²) in [5, 5.41) is 12.4. The first-order valence-corrected chi connectivity index (χ1v) is 7.27. The van der Waals surface area contributed by atoms with Gasteiger partial charge in [0.1, 0.15) is 5.75 Å². The second-order valence-electron chi connectivity index (χ2n) is 5.17. The fourth-order valence-corrected chi connectivity index (χ4v) is 2.34. The number of carbonyl (C=O) groups excluding carboxylic acids is 1. The first kappa shape index (κ1) is 14.8. The van der Waals surface area contributed by atoms with Crippen LogP contribution in [0.5, 0.6) is 5.75 Å². The number of benzene rings is 2. The molecule has 4 heteroatoms. The van der Waals surface area contributed by atoms with Gasteiger partial charge in [-0.1, -0.05) is 42.5 Å². The molecule has 0 aliphatic rings. The Morgan fingerprint density at radius 1 is 0.957 bits per heavy atom. The highest BCUT2D eigenvalue weighted by Gasteiger charge is 2.13. The van der Waals surface area contributed by atoms with Gasteiger partial charge in [-0.25, -0.2) is 0 Å². The Hall–Kier alpha value is -3.14. The SMILES string of the molecule is Cc1nc(-c2ccccc2)ccc1C(=O)Nc1ccccc1O. The van der Waals surface area contributed by atoms with E-state index < -0.39 is 0 Å². The van der Waals surface area contributed by atoms with E-state index in [0.29, 0.717) is 16.9 Å². The third-order valence-electron chi connectivity index (χ3n) is 3.55. The molecule has 0 saturated heterocycles. The van der Waals surface area contributed by atoms with Gasteiger partial charge in [0.15, 0.2) is 0 Å². The molecule has 0 saturated carbocycles. The van der Waals surface area contributed by atoms with Crippen LogP contribution in [0.4, 0.5) is 5.69 Å². The zero-order chi connectivity index (χ0) is 16.2. The molecular weight excluding hydrogens is 288 g/mol. The lowest BCUT2D eigenvalue weighted by atomic mass is 10.1. The van der Waals surface area contributed by atoms with E-state index in [-0.39, 0.29) is 11.7 Å². The molecule has 0 bridgehead atoms. The topological polar surface area (TPSA) is 62.2 Å². The van der Waals surface area contributed by atoms with Crippen molar-refractivity contribution in [3.8, 4) is 17.0 Å². The van der Waals surface area contributed by atoms with Crippen molar-refractivity contribution in [2.24, 2.45) is 0 Å². The van der Waals surface area contributed by atoms with E-state index in [4.69, 9.17) is 0 Å². The van der Waals surface area contributed by atoms with Crippen LogP contribution >= 0.6 is 0 Å². The molecule has 0 spiro atoms. The zero-order valence-corrected chi connectivity index (χ0v) is 12.7. The molecule has 0 atom stereocenters. The lowest BCUT2D eigenvalue weighted by Crippen LogP contribution is -2.14. The Morgan fingerprint density at radius 2 is 1.65 bits per heavy atom. The van der Waals surface area contributed by atoms with Crippen molar-refractivity contribution < 1.29 is 9.90 Å². The van der Waals surface area contributed by atoms with E-state index in [1.54, 1.807) is 31.2 Å². The molecular formula is C19H16N2O2. The number of hydrogen-bond donors (Lipinski definition) is 2.